The summed E-state index contributed by atoms with van der Waals surface area (Å²) in [7, 11) is 1.64. The van der Waals surface area contributed by atoms with Gasteiger partial charge in [-0.2, -0.15) is 0 Å². The van der Waals surface area contributed by atoms with Crippen molar-refractivity contribution in [3.05, 3.63) is 47.3 Å². The zero-order chi connectivity index (χ0) is 13.7. The van der Waals surface area contributed by atoms with E-state index in [1.807, 2.05) is 4.57 Å². The van der Waals surface area contributed by atoms with Crippen LogP contribution in [-0.4, -0.2) is 28.5 Å². The first kappa shape index (κ1) is 13.6. The van der Waals surface area contributed by atoms with Crippen LogP contribution in [0.3, 0.4) is 0 Å². The molecule has 0 atom stereocenters. The molecular formula is C13H17FN4O. The fraction of sp³-hybridized carbons (Fsp3) is 0.385. The van der Waals surface area contributed by atoms with E-state index in [2.05, 4.69) is 10.2 Å². The molecule has 0 aliphatic heterocycles. The molecule has 6 heteroatoms. The van der Waals surface area contributed by atoms with Crippen LogP contribution < -0.4 is 5.73 Å². The largest absolute Gasteiger partial charge is 0.383 e. The van der Waals surface area contributed by atoms with E-state index in [0.29, 0.717) is 26.1 Å². The van der Waals surface area contributed by atoms with Crippen molar-refractivity contribution in [3.8, 4) is 0 Å². The average molecular weight is 264 g/mol. The number of nitrogens with zero attached hydrogens (tertiary/aromatic N) is 3. The number of nitrogens with two attached hydrogens (primary N) is 1. The maximum Gasteiger partial charge on any atom is 0.146 e. The molecular weight excluding hydrogens is 247 g/mol. The molecule has 1 aromatic carbocycles. The maximum atomic E-state index is 12.9. The van der Waals surface area contributed by atoms with Crippen LogP contribution in [0.1, 0.15) is 17.2 Å². The van der Waals surface area contributed by atoms with Crippen LogP contribution in [0, 0.1) is 5.82 Å². The van der Waals surface area contributed by atoms with Gasteiger partial charge in [0.1, 0.15) is 17.5 Å². The van der Waals surface area contributed by atoms with Gasteiger partial charge in [-0.1, -0.05) is 12.1 Å². The Morgan fingerprint density at radius 3 is 2.53 bits per heavy atom. The molecule has 0 aliphatic carbocycles. The Kier molecular flexibility index (Phi) is 4.59. The molecule has 2 rings (SSSR count). The second-order valence-electron chi connectivity index (χ2n) is 4.18. The molecule has 1 aromatic heterocycles. The van der Waals surface area contributed by atoms with Gasteiger partial charge >= 0.3 is 0 Å². The van der Waals surface area contributed by atoms with E-state index in [4.69, 9.17) is 10.5 Å². The first-order chi connectivity index (χ1) is 9.24. The predicted octanol–water partition coefficient (Wildman–Crippen LogP) is 1.11. The lowest BCUT2D eigenvalue weighted by Gasteiger charge is -2.09. The molecule has 0 spiro atoms. The fourth-order valence-electron chi connectivity index (χ4n) is 1.88. The van der Waals surface area contributed by atoms with Crippen molar-refractivity contribution in [1.29, 1.82) is 0 Å². The van der Waals surface area contributed by atoms with Crippen LogP contribution in [0.5, 0.6) is 0 Å². The first-order valence-corrected chi connectivity index (χ1v) is 6.09. The van der Waals surface area contributed by atoms with Crippen LogP contribution in [-0.2, 0) is 24.2 Å². The van der Waals surface area contributed by atoms with Crippen LogP contribution in [0.25, 0.3) is 0 Å². The van der Waals surface area contributed by atoms with Gasteiger partial charge in [-0.05, 0) is 17.7 Å². The third-order valence-electron chi connectivity index (χ3n) is 2.88. The molecule has 0 fully saturated rings. The Balaban J connectivity index is 2.19. The number of ether oxygens (including phenoxy) is 1. The highest BCUT2D eigenvalue weighted by atomic mass is 19.1. The monoisotopic (exact) mass is 264 g/mol. The maximum absolute atomic E-state index is 12.9. The molecule has 5 nitrogen and oxygen atoms in total. The molecule has 0 radical (unpaired) electrons. The predicted molar refractivity (Wildman–Crippen MR) is 69.0 cm³/mol. The smallest absolute Gasteiger partial charge is 0.146 e. The lowest BCUT2D eigenvalue weighted by Crippen LogP contribution is -2.14. The summed E-state index contributed by atoms with van der Waals surface area (Å²) in [6.45, 7) is 1.56. The van der Waals surface area contributed by atoms with Gasteiger partial charge in [0.05, 0.1) is 13.2 Å². The van der Waals surface area contributed by atoms with Crippen molar-refractivity contribution in [2.75, 3.05) is 13.7 Å². The molecule has 0 saturated heterocycles. The van der Waals surface area contributed by atoms with Gasteiger partial charge in [0.15, 0.2) is 0 Å². The summed E-state index contributed by atoms with van der Waals surface area (Å²) in [5, 5.41) is 8.20. The van der Waals surface area contributed by atoms with Crippen molar-refractivity contribution in [2.45, 2.75) is 19.5 Å². The lowest BCUT2D eigenvalue weighted by atomic mass is 10.1. The minimum absolute atomic E-state index is 0.243. The number of hydrogen-bond acceptors (Lipinski definition) is 4. The molecule has 2 N–H and O–H groups in total. The molecule has 1 heterocycles. The molecule has 0 unspecified atom stereocenters. The van der Waals surface area contributed by atoms with Gasteiger partial charge in [0.2, 0.25) is 0 Å². The number of hydrogen-bond donors (Lipinski definition) is 1. The summed E-state index contributed by atoms with van der Waals surface area (Å²) >= 11 is 0. The van der Waals surface area contributed by atoms with Crippen LogP contribution >= 0.6 is 0 Å². The minimum atomic E-state index is -0.243. The molecule has 0 saturated carbocycles. The zero-order valence-corrected chi connectivity index (χ0v) is 10.8. The van der Waals surface area contributed by atoms with Crippen molar-refractivity contribution in [2.24, 2.45) is 5.73 Å². The quantitative estimate of drug-likeness (QED) is 0.849. The third-order valence-corrected chi connectivity index (χ3v) is 2.88. The summed E-state index contributed by atoms with van der Waals surface area (Å²) in [4.78, 5) is 0. The van der Waals surface area contributed by atoms with E-state index < -0.39 is 0 Å². The summed E-state index contributed by atoms with van der Waals surface area (Å²) in [5.41, 5.74) is 6.62. The van der Waals surface area contributed by atoms with E-state index in [9.17, 15) is 4.39 Å². The molecule has 2 aromatic rings. The van der Waals surface area contributed by atoms with Gasteiger partial charge in [-0.25, -0.2) is 4.39 Å². The second kappa shape index (κ2) is 6.40. The Bertz CT molecular complexity index is 524. The van der Waals surface area contributed by atoms with E-state index >= 15 is 0 Å². The Morgan fingerprint density at radius 2 is 1.89 bits per heavy atom. The van der Waals surface area contributed by atoms with Crippen molar-refractivity contribution in [3.63, 3.8) is 0 Å². The average Bonchev–Trinajstić information content (AvgIpc) is 2.81. The molecule has 0 bridgehead atoms. The second-order valence-corrected chi connectivity index (χ2v) is 4.18. The zero-order valence-electron chi connectivity index (χ0n) is 10.8. The van der Waals surface area contributed by atoms with E-state index in [0.717, 1.165) is 17.2 Å². The van der Waals surface area contributed by atoms with Crippen molar-refractivity contribution in [1.82, 2.24) is 14.8 Å². The van der Waals surface area contributed by atoms with Crippen molar-refractivity contribution >= 4 is 0 Å². The molecule has 19 heavy (non-hydrogen) atoms. The van der Waals surface area contributed by atoms with Crippen molar-refractivity contribution < 1.29 is 9.13 Å². The fourth-order valence-corrected chi connectivity index (χ4v) is 1.88. The Labute approximate surface area is 111 Å². The van der Waals surface area contributed by atoms with Gasteiger partial charge in [0.25, 0.3) is 0 Å². The number of benzene rings is 1. The number of halogens is 1. The normalized spacial score (nSPS) is 10.9. The van der Waals surface area contributed by atoms with Crippen LogP contribution in [0.15, 0.2) is 24.3 Å². The summed E-state index contributed by atoms with van der Waals surface area (Å²) < 4.78 is 19.9. The van der Waals surface area contributed by atoms with Gasteiger partial charge in [-0.15, -0.1) is 10.2 Å². The topological polar surface area (TPSA) is 66.0 Å². The van der Waals surface area contributed by atoms with E-state index in [1.165, 1.54) is 12.1 Å². The molecule has 0 aliphatic rings. The summed E-state index contributed by atoms with van der Waals surface area (Å²) in [6.07, 6.45) is 0.594. The molecule has 0 amide bonds. The SMILES string of the molecule is COCCn1c(CN)nnc1Cc1ccc(F)cc1. The van der Waals surface area contributed by atoms with Gasteiger partial charge < -0.3 is 15.0 Å². The van der Waals surface area contributed by atoms with Gasteiger partial charge in [0, 0.05) is 20.1 Å². The summed E-state index contributed by atoms with van der Waals surface area (Å²) in [6, 6.07) is 6.36. The van der Waals surface area contributed by atoms with Crippen LogP contribution in [0.4, 0.5) is 4.39 Å². The highest BCUT2D eigenvalue weighted by molar-refractivity contribution is 5.20. The van der Waals surface area contributed by atoms with E-state index in [-0.39, 0.29) is 5.82 Å². The Hall–Kier alpha value is -1.79. The number of rotatable bonds is 6. The first-order valence-electron chi connectivity index (χ1n) is 6.09. The number of methoxy groups -OCH3 is 1. The highest BCUT2D eigenvalue weighted by Gasteiger charge is 2.11. The standard InChI is InChI=1S/C13H17FN4O/c1-19-7-6-18-12(16-17-13(18)9-15)8-10-2-4-11(14)5-3-10/h2-5H,6-9,15H2,1H3. The third kappa shape index (κ3) is 3.36. The van der Waals surface area contributed by atoms with Gasteiger partial charge in [-0.3, -0.25) is 0 Å². The van der Waals surface area contributed by atoms with Crippen LogP contribution in [0.2, 0.25) is 0 Å². The Morgan fingerprint density at radius 1 is 1.21 bits per heavy atom. The minimum Gasteiger partial charge on any atom is -0.383 e. The lowest BCUT2D eigenvalue weighted by molar-refractivity contribution is 0.185. The number of aromatic nitrogens is 3. The van der Waals surface area contributed by atoms with E-state index in [1.54, 1.807) is 19.2 Å². The molecule has 102 valence electrons. The summed E-state index contributed by atoms with van der Waals surface area (Å²) in [5.74, 6) is 1.30. The highest BCUT2D eigenvalue weighted by Crippen LogP contribution is 2.10.